The van der Waals surface area contributed by atoms with E-state index >= 15 is 0 Å². The number of para-hydroxylation sites is 1. The van der Waals surface area contributed by atoms with Crippen LogP contribution in [0.2, 0.25) is 0 Å². The van der Waals surface area contributed by atoms with Crippen LogP contribution in [0.25, 0.3) is 22.3 Å². The van der Waals surface area contributed by atoms with Gasteiger partial charge in [-0.2, -0.15) is 5.10 Å². The van der Waals surface area contributed by atoms with Crippen LogP contribution in [0.4, 0.5) is 5.82 Å². The van der Waals surface area contributed by atoms with Gasteiger partial charge in [-0.05, 0) is 74.5 Å². The molecule has 1 saturated heterocycles. The van der Waals surface area contributed by atoms with Crippen LogP contribution in [0, 0.1) is 5.41 Å². The average molecular weight is 441 g/mol. The van der Waals surface area contributed by atoms with E-state index in [1.54, 1.807) is 6.33 Å². The quantitative estimate of drug-likeness (QED) is 0.485. The van der Waals surface area contributed by atoms with Gasteiger partial charge in [-0.3, -0.25) is 0 Å². The van der Waals surface area contributed by atoms with Crippen LogP contribution in [-0.4, -0.2) is 44.8 Å². The molecule has 7 heteroatoms. The number of nitrogens with zero attached hydrogens (tertiary/aromatic N) is 5. The minimum absolute atomic E-state index is 0.341. The van der Waals surface area contributed by atoms with Gasteiger partial charge in [0.2, 0.25) is 0 Å². The Morgan fingerprint density at radius 2 is 1.64 bits per heavy atom. The molecule has 0 radical (unpaired) electrons. The van der Waals surface area contributed by atoms with Gasteiger partial charge in [0.05, 0.1) is 11.4 Å². The van der Waals surface area contributed by atoms with Gasteiger partial charge in [0.15, 0.2) is 5.65 Å². The van der Waals surface area contributed by atoms with Crippen LogP contribution in [0.15, 0.2) is 60.9 Å². The zero-order chi connectivity index (χ0) is 22.4. The summed E-state index contributed by atoms with van der Waals surface area (Å²) in [6.45, 7) is 2.44. The molecule has 1 aliphatic heterocycles. The lowest BCUT2D eigenvalue weighted by Crippen LogP contribution is -2.55. The third kappa shape index (κ3) is 3.62. The lowest BCUT2D eigenvalue weighted by Gasteiger charge is -2.52. The van der Waals surface area contributed by atoms with Crippen molar-refractivity contribution in [1.82, 2.24) is 24.6 Å². The molecule has 33 heavy (non-hydrogen) atoms. The monoisotopic (exact) mass is 440 g/mol. The summed E-state index contributed by atoms with van der Waals surface area (Å²) < 4.78 is 8.05. The number of hydrogen-bond acceptors (Lipinski definition) is 6. The van der Waals surface area contributed by atoms with Crippen LogP contribution >= 0.6 is 0 Å². The summed E-state index contributed by atoms with van der Waals surface area (Å²) in [4.78, 5) is 11.3. The largest absolute Gasteiger partial charge is 0.457 e. The van der Waals surface area contributed by atoms with Gasteiger partial charge >= 0.3 is 0 Å². The molecule has 3 heterocycles. The van der Waals surface area contributed by atoms with Crippen molar-refractivity contribution < 1.29 is 4.74 Å². The number of aromatic nitrogens is 4. The van der Waals surface area contributed by atoms with Gasteiger partial charge in [-0.25, -0.2) is 14.6 Å². The number of benzene rings is 2. The molecule has 6 rings (SSSR count). The molecule has 2 aliphatic rings. The molecule has 4 aromatic rings. The Balaban J connectivity index is 1.31. The van der Waals surface area contributed by atoms with Crippen LogP contribution in [0.5, 0.6) is 11.5 Å². The molecule has 1 spiro atoms. The second-order valence-corrected chi connectivity index (χ2v) is 9.59. The predicted molar refractivity (Wildman–Crippen MR) is 129 cm³/mol. The number of ether oxygens (including phenoxy) is 1. The number of nitrogen functional groups attached to an aromatic ring is 1. The molecular formula is C26H28N6O. The van der Waals surface area contributed by atoms with Crippen molar-refractivity contribution >= 4 is 16.9 Å². The molecule has 1 aliphatic carbocycles. The zero-order valence-electron chi connectivity index (χ0n) is 18.8. The minimum Gasteiger partial charge on any atom is -0.457 e. The standard InChI is InChI=1S/C26H28N6O/c1-31-15-26(16-31)13-11-19(12-14-26)32-25-22(24(27)28-17-29-25)23(30-32)18-7-9-21(10-8-18)33-20-5-3-2-4-6-20/h2-10,17,19H,11-16H2,1H3,(H2,27,28,29). The van der Waals surface area contributed by atoms with Gasteiger partial charge in [0.25, 0.3) is 0 Å². The molecule has 2 aromatic heterocycles. The smallest absolute Gasteiger partial charge is 0.164 e. The summed E-state index contributed by atoms with van der Waals surface area (Å²) in [6, 6.07) is 18.1. The van der Waals surface area contributed by atoms with Crippen LogP contribution < -0.4 is 10.5 Å². The fraction of sp³-hybridized carbons (Fsp3) is 0.346. The molecule has 0 atom stereocenters. The highest BCUT2D eigenvalue weighted by Crippen LogP contribution is 2.47. The first kappa shape index (κ1) is 20.2. The maximum atomic E-state index is 6.32. The average Bonchev–Trinajstić information content (AvgIpc) is 3.21. The Hall–Kier alpha value is -3.45. The van der Waals surface area contributed by atoms with Crippen LogP contribution in [0.3, 0.4) is 0 Å². The second-order valence-electron chi connectivity index (χ2n) is 9.59. The SMILES string of the molecule is CN1CC2(CCC(n3nc(-c4ccc(Oc5ccccc5)cc4)c4c(N)ncnc43)CC2)C1. The maximum absolute atomic E-state index is 6.32. The lowest BCUT2D eigenvalue weighted by molar-refractivity contribution is -0.0202. The van der Waals surface area contributed by atoms with Gasteiger partial charge in [-0.15, -0.1) is 0 Å². The first-order chi connectivity index (χ1) is 16.1. The first-order valence-electron chi connectivity index (χ1n) is 11.6. The van der Waals surface area contributed by atoms with E-state index in [0.717, 1.165) is 46.6 Å². The Bertz CT molecular complexity index is 1270. The lowest BCUT2D eigenvalue weighted by atomic mass is 9.67. The molecule has 2 aromatic carbocycles. The maximum Gasteiger partial charge on any atom is 0.164 e. The first-order valence-corrected chi connectivity index (χ1v) is 11.6. The van der Waals surface area contributed by atoms with E-state index < -0.39 is 0 Å². The summed E-state index contributed by atoms with van der Waals surface area (Å²) in [7, 11) is 2.21. The number of likely N-dealkylation sites (tertiary alicyclic amines) is 1. The van der Waals surface area contributed by atoms with Crippen molar-refractivity contribution in [1.29, 1.82) is 0 Å². The highest BCUT2D eigenvalue weighted by Gasteiger charge is 2.44. The molecule has 0 unspecified atom stereocenters. The van der Waals surface area contributed by atoms with Gasteiger partial charge in [0, 0.05) is 18.7 Å². The van der Waals surface area contributed by atoms with Crippen LogP contribution in [-0.2, 0) is 0 Å². The summed E-state index contributed by atoms with van der Waals surface area (Å²) >= 11 is 0. The van der Waals surface area contributed by atoms with Crippen molar-refractivity contribution in [2.45, 2.75) is 31.7 Å². The minimum atomic E-state index is 0.341. The van der Waals surface area contributed by atoms with Gasteiger partial charge in [0.1, 0.15) is 29.3 Å². The van der Waals surface area contributed by atoms with E-state index in [0.29, 0.717) is 17.3 Å². The van der Waals surface area contributed by atoms with E-state index in [1.165, 1.54) is 25.9 Å². The van der Waals surface area contributed by atoms with Gasteiger partial charge in [-0.1, -0.05) is 18.2 Å². The Morgan fingerprint density at radius 3 is 2.33 bits per heavy atom. The molecule has 7 nitrogen and oxygen atoms in total. The zero-order valence-corrected chi connectivity index (χ0v) is 18.8. The number of fused-ring (bicyclic) bond motifs is 1. The molecular weight excluding hydrogens is 412 g/mol. The molecule has 2 fully saturated rings. The van der Waals surface area contributed by atoms with Crippen LogP contribution in [0.1, 0.15) is 31.7 Å². The third-order valence-electron chi connectivity index (χ3n) is 7.20. The predicted octanol–water partition coefficient (Wildman–Crippen LogP) is 4.91. The van der Waals surface area contributed by atoms with Crippen molar-refractivity contribution in [3.8, 4) is 22.8 Å². The number of hydrogen-bond donors (Lipinski definition) is 1. The van der Waals surface area contributed by atoms with Crippen molar-refractivity contribution in [2.24, 2.45) is 5.41 Å². The number of rotatable bonds is 4. The van der Waals surface area contributed by atoms with E-state index in [1.807, 2.05) is 54.6 Å². The van der Waals surface area contributed by atoms with E-state index in [-0.39, 0.29) is 0 Å². The summed E-state index contributed by atoms with van der Waals surface area (Å²) in [5.74, 6) is 2.06. The number of nitrogens with two attached hydrogens (primary N) is 1. The van der Waals surface area contributed by atoms with Crippen molar-refractivity contribution in [3.63, 3.8) is 0 Å². The van der Waals surface area contributed by atoms with Crippen molar-refractivity contribution in [3.05, 3.63) is 60.9 Å². The third-order valence-corrected chi connectivity index (χ3v) is 7.20. The summed E-state index contributed by atoms with van der Waals surface area (Å²) in [5.41, 5.74) is 9.48. The molecule has 2 N–H and O–H groups in total. The number of anilines is 1. The molecule has 168 valence electrons. The van der Waals surface area contributed by atoms with E-state index in [9.17, 15) is 0 Å². The highest BCUT2D eigenvalue weighted by molar-refractivity contribution is 5.98. The summed E-state index contributed by atoms with van der Waals surface area (Å²) in [5, 5.41) is 5.88. The van der Waals surface area contributed by atoms with E-state index in [2.05, 4.69) is 26.6 Å². The summed E-state index contributed by atoms with van der Waals surface area (Å²) in [6.07, 6.45) is 6.27. The van der Waals surface area contributed by atoms with E-state index in [4.69, 9.17) is 15.6 Å². The molecule has 1 saturated carbocycles. The Morgan fingerprint density at radius 1 is 0.939 bits per heavy atom. The fourth-order valence-corrected chi connectivity index (χ4v) is 5.63. The van der Waals surface area contributed by atoms with Gasteiger partial charge < -0.3 is 15.4 Å². The topological polar surface area (TPSA) is 82.1 Å². The highest BCUT2D eigenvalue weighted by atomic mass is 16.5. The molecule has 0 amide bonds. The van der Waals surface area contributed by atoms with Crippen molar-refractivity contribution in [2.75, 3.05) is 25.9 Å². The normalized spacial score (nSPS) is 18.5. The Kier molecular flexibility index (Phi) is 4.80. The second kappa shape index (κ2) is 7.85. The fourth-order valence-electron chi connectivity index (χ4n) is 5.63. The molecule has 0 bridgehead atoms. The Labute approximate surface area is 193 Å².